The lowest BCUT2D eigenvalue weighted by molar-refractivity contribution is -0.114. The van der Waals surface area contributed by atoms with Crippen LogP contribution in [0, 0.1) is 0 Å². The number of Topliss-reactive ketones (excluding diaryl/α,β-unsaturated/α-hetero) is 1. The highest BCUT2D eigenvalue weighted by Crippen LogP contribution is 2.47. The number of hydrogen-bond acceptors (Lipinski definition) is 8. The molecule has 3 rings (SSSR count). The summed E-state index contributed by atoms with van der Waals surface area (Å²) in [5.41, 5.74) is -0.0615. The minimum absolute atomic E-state index is 0.209. The van der Waals surface area contributed by atoms with Gasteiger partial charge < -0.3 is 30.2 Å². The number of aliphatic hydroxyl groups excluding tert-OH is 2. The van der Waals surface area contributed by atoms with Crippen LogP contribution in [-0.4, -0.2) is 63.1 Å². The van der Waals surface area contributed by atoms with Crippen molar-refractivity contribution >= 4 is 22.8 Å². The summed E-state index contributed by atoms with van der Waals surface area (Å²) >= 11 is 0. The van der Waals surface area contributed by atoms with Crippen molar-refractivity contribution in [2.24, 2.45) is 0 Å². The molecule has 0 unspecified atom stereocenters. The van der Waals surface area contributed by atoms with Crippen molar-refractivity contribution in [2.75, 3.05) is 31.1 Å². The Hall–Kier alpha value is -3.68. The summed E-state index contributed by atoms with van der Waals surface area (Å²) in [4.78, 5) is 29.4. The predicted octanol–water partition coefficient (Wildman–Crippen LogP) is 3.34. The van der Waals surface area contributed by atoms with E-state index in [0.717, 1.165) is 0 Å². The molecule has 0 fully saturated rings. The van der Waals surface area contributed by atoms with Crippen LogP contribution in [0.15, 0.2) is 52.6 Å². The van der Waals surface area contributed by atoms with Crippen molar-refractivity contribution in [1.29, 1.82) is 0 Å². The van der Waals surface area contributed by atoms with E-state index in [1.807, 2.05) is 37.5 Å². The molecule has 8 nitrogen and oxygen atoms in total. The minimum atomic E-state index is -0.744. The first-order valence-corrected chi connectivity index (χ1v) is 10.7. The number of anilines is 1. The maximum atomic E-state index is 12.9. The Morgan fingerprint density at radius 1 is 0.719 bits per heavy atom. The van der Waals surface area contributed by atoms with Crippen molar-refractivity contribution < 1.29 is 30.0 Å². The van der Waals surface area contributed by atoms with Gasteiger partial charge in [0.15, 0.2) is 5.78 Å². The summed E-state index contributed by atoms with van der Waals surface area (Å²) in [6.07, 6.45) is 2.69. The molecule has 0 saturated heterocycles. The van der Waals surface area contributed by atoms with Gasteiger partial charge in [0.05, 0.1) is 22.3 Å². The molecule has 8 heteroatoms. The van der Waals surface area contributed by atoms with Crippen LogP contribution in [0.1, 0.15) is 33.3 Å². The van der Waals surface area contributed by atoms with Gasteiger partial charge in [0.25, 0.3) is 0 Å². The Kier molecular flexibility index (Phi) is 6.34. The average molecular weight is 440 g/mol. The SMILES string of the molecule is CCN(CC)C1=CC(=O)/C(=C2/C(=O)C(c3c(O)cc(N(CC)CC)cc3O)=C2O)C(O)=C1. The van der Waals surface area contributed by atoms with Crippen LogP contribution in [0.2, 0.25) is 0 Å². The monoisotopic (exact) mass is 440 g/mol. The van der Waals surface area contributed by atoms with E-state index < -0.39 is 23.1 Å². The molecule has 0 saturated carbocycles. The van der Waals surface area contributed by atoms with Crippen LogP contribution in [0.25, 0.3) is 5.57 Å². The summed E-state index contributed by atoms with van der Waals surface area (Å²) < 4.78 is 0. The van der Waals surface area contributed by atoms with E-state index in [-0.39, 0.29) is 33.8 Å². The molecule has 0 spiro atoms. The fraction of sp³-hybridized carbons (Fsp3) is 0.333. The molecule has 1 aromatic rings. The fourth-order valence-electron chi connectivity index (χ4n) is 4.10. The Balaban J connectivity index is 2.07. The van der Waals surface area contributed by atoms with Crippen LogP contribution < -0.4 is 4.90 Å². The van der Waals surface area contributed by atoms with E-state index in [0.29, 0.717) is 37.6 Å². The van der Waals surface area contributed by atoms with Gasteiger partial charge in [-0.15, -0.1) is 0 Å². The highest BCUT2D eigenvalue weighted by Gasteiger charge is 2.42. The first kappa shape index (κ1) is 23.0. The van der Waals surface area contributed by atoms with Crippen LogP contribution in [0.5, 0.6) is 11.5 Å². The number of phenolic OH excluding ortho intramolecular Hbond substituents is 2. The summed E-state index contributed by atoms with van der Waals surface area (Å²) in [6, 6.07) is 2.81. The third-order valence-electron chi connectivity index (χ3n) is 5.83. The van der Waals surface area contributed by atoms with Crippen molar-refractivity contribution in [1.82, 2.24) is 4.90 Å². The van der Waals surface area contributed by atoms with Crippen molar-refractivity contribution in [3.8, 4) is 11.5 Å². The number of likely N-dealkylation sites (N-methyl/N-ethyl adjacent to an activating group) is 1. The summed E-state index contributed by atoms with van der Waals surface area (Å²) in [5, 5.41) is 42.1. The number of benzene rings is 1. The molecular weight excluding hydrogens is 412 g/mol. The Bertz CT molecular complexity index is 1080. The second kappa shape index (κ2) is 8.82. The smallest absolute Gasteiger partial charge is 0.202 e. The van der Waals surface area contributed by atoms with E-state index in [9.17, 15) is 30.0 Å². The number of nitrogens with zero attached hydrogens (tertiary/aromatic N) is 2. The topological polar surface area (TPSA) is 122 Å². The van der Waals surface area contributed by atoms with Gasteiger partial charge in [-0.1, -0.05) is 0 Å². The fourth-order valence-corrected chi connectivity index (χ4v) is 4.10. The first-order chi connectivity index (χ1) is 15.2. The molecule has 1 aromatic carbocycles. The zero-order valence-electron chi connectivity index (χ0n) is 18.6. The first-order valence-electron chi connectivity index (χ1n) is 10.7. The minimum Gasteiger partial charge on any atom is -0.507 e. The van der Waals surface area contributed by atoms with E-state index in [2.05, 4.69) is 0 Å². The lowest BCUT2D eigenvalue weighted by Gasteiger charge is -2.28. The number of aromatic hydroxyl groups is 2. The van der Waals surface area contributed by atoms with Gasteiger partial charge in [-0.2, -0.15) is 0 Å². The Morgan fingerprint density at radius 2 is 1.25 bits per heavy atom. The number of allylic oxidation sites excluding steroid dienone is 5. The molecule has 0 bridgehead atoms. The number of hydrogen-bond donors (Lipinski definition) is 4. The van der Waals surface area contributed by atoms with Gasteiger partial charge in [-0.25, -0.2) is 0 Å². The van der Waals surface area contributed by atoms with Gasteiger partial charge >= 0.3 is 0 Å². The van der Waals surface area contributed by atoms with E-state index in [4.69, 9.17) is 0 Å². The Morgan fingerprint density at radius 3 is 1.69 bits per heavy atom. The predicted molar refractivity (Wildman–Crippen MR) is 122 cm³/mol. The summed E-state index contributed by atoms with van der Waals surface area (Å²) in [6.45, 7) is 10.2. The van der Waals surface area contributed by atoms with Crippen LogP contribution >= 0.6 is 0 Å². The van der Waals surface area contributed by atoms with Gasteiger partial charge in [-0.3, -0.25) is 9.59 Å². The zero-order valence-corrected chi connectivity index (χ0v) is 18.6. The molecule has 0 aliphatic heterocycles. The number of rotatable bonds is 7. The molecule has 0 aromatic heterocycles. The second-order valence-electron chi connectivity index (χ2n) is 7.47. The van der Waals surface area contributed by atoms with Gasteiger partial charge in [0.1, 0.15) is 23.0 Å². The van der Waals surface area contributed by atoms with E-state index in [1.54, 1.807) is 0 Å². The van der Waals surface area contributed by atoms with Crippen LogP contribution in [0.3, 0.4) is 0 Å². The summed E-state index contributed by atoms with van der Waals surface area (Å²) in [5.74, 6) is -3.07. The molecule has 170 valence electrons. The molecule has 0 radical (unpaired) electrons. The van der Waals surface area contributed by atoms with Gasteiger partial charge in [0, 0.05) is 61.8 Å². The largest absolute Gasteiger partial charge is 0.507 e. The van der Waals surface area contributed by atoms with E-state index in [1.165, 1.54) is 24.3 Å². The lowest BCUT2D eigenvalue weighted by Crippen LogP contribution is -2.29. The van der Waals surface area contributed by atoms with Crippen molar-refractivity contribution in [3.05, 3.63) is 58.2 Å². The van der Waals surface area contributed by atoms with Crippen molar-refractivity contribution in [3.63, 3.8) is 0 Å². The molecule has 4 N–H and O–H groups in total. The van der Waals surface area contributed by atoms with E-state index >= 15 is 0 Å². The Labute approximate surface area is 186 Å². The second-order valence-corrected chi connectivity index (χ2v) is 7.47. The molecule has 32 heavy (non-hydrogen) atoms. The molecular formula is C24H28N2O6. The van der Waals surface area contributed by atoms with Gasteiger partial charge in [0.2, 0.25) is 5.78 Å². The highest BCUT2D eigenvalue weighted by molar-refractivity contribution is 6.42. The third kappa shape index (κ3) is 3.62. The third-order valence-corrected chi connectivity index (χ3v) is 5.83. The maximum Gasteiger partial charge on any atom is 0.202 e. The average Bonchev–Trinajstić information content (AvgIpc) is 2.75. The maximum absolute atomic E-state index is 12.9. The number of ketones is 2. The zero-order chi connectivity index (χ0) is 23.7. The molecule has 0 amide bonds. The number of carbonyl (C=O) groups excluding carboxylic acids is 2. The van der Waals surface area contributed by atoms with Gasteiger partial charge in [-0.05, 0) is 27.7 Å². The lowest BCUT2D eigenvalue weighted by atomic mass is 9.78. The molecule has 2 aliphatic carbocycles. The normalized spacial score (nSPS) is 18.4. The highest BCUT2D eigenvalue weighted by atomic mass is 16.3. The standard InChI is InChI=1S/C24H28N2O6/c1-5-25(6-2)13-9-15(27)19(16(28)10-13)21-23(31)22(24(21)32)20-17(29)11-14(12-18(20)30)26(7-3)8-4/h9-12,27-29,31H,5-8H2,1-4H3/b22-20+. The molecule has 0 atom stereocenters. The summed E-state index contributed by atoms with van der Waals surface area (Å²) in [7, 11) is 0. The quantitative estimate of drug-likeness (QED) is 0.476. The number of carbonyl (C=O) groups is 2. The number of phenols is 2. The van der Waals surface area contributed by atoms with Crippen LogP contribution in [-0.2, 0) is 9.59 Å². The molecule has 0 heterocycles. The van der Waals surface area contributed by atoms with Crippen molar-refractivity contribution in [2.45, 2.75) is 27.7 Å². The van der Waals surface area contributed by atoms with Crippen LogP contribution in [0.4, 0.5) is 5.69 Å². The molecule has 2 aliphatic rings. The number of aliphatic hydroxyl groups is 2.